The summed E-state index contributed by atoms with van der Waals surface area (Å²) in [7, 11) is 3.30. The highest BCUT2D eigenvalue weighted by Crippen LogP contribution is 2.38. The number of hydrogen-bond acceptors (Lipinski definition) is 6. The van der Waals surface area contributed by atoms with Gasteiger partial charge in [-0.1, -0.05) is 0 Å². The molecular formula is C13H17N3O4. The molecule has 1 aromatic rings. The fourth-order valence-corrected chi connectivity index (χ4v) is 2.16. The van der Waals surface area contributed by atoms with E-state index in [1.165, 1.54) is 13.2 Å². The van der Waals surface area contributed by atoms with Crippen LogP contribution in [0.2, 0.25) is 0 Å². The lowest BCUT2D eigenvalue weighted by atomic mass is 10.1. The largest absolute Gasteiger partial charge is 0.490 e. The molecule has 0 aliphatic carbocycles. The van der Waals surface area contributed by atoms with Gasteiger partial charge in [0.1, 0.15) is 5.84 Å². The number of amidine groups is 1. The van der Waals surface area contributed by atoms with Gasteiger partial charge in [0.15, 0.2) is 5.75 Å². The molecule has 7 nitrogen and oxygen atoms in total. The summed E-state index contributed by atoms with van der Waals surface area (Å²) >= 11 is 0. The molecule has 0 N–H and O–H groups in total. The third kappa shape index (κ3) is 2.52. The van der Waals surface area contributed by atoms with Crippen molar-refractivity contribution in [3.05, 3.63) is 27.8 Å². The molecule has 108 valence electrons. The molecule has 0 atom stereocenters. The minimum Gasteiger partial charge on any atom is -0.490 e. The zero-order chi connectivity index (χ0) is 14.7. The van der Waals surface area contributed by atoms with Crippen molar-refractivity contribution in [1.82, 2.24) is 4.90 Å². The average Bonchev–Trinajstić information content (AvgIpc) is 2.84. The molecule has 7 heteroatoms. The van der Waals surface area contributed by atoms with Crippen molar-refractivity contribution >= 4 is 11.5 Å². The molecule has 0 bridgehead atoms. The Morgan fingerprint density at radius 3 is 2.75 bits per heavy atom. The van der Waals surface area contributed by atoms with Crippen LogP contribution in [-0.2, 0) is 0 Å². The first-order valence-corrected chi connectivity index (χ1v) is 6.33. The van der Waals surface area contributed by atoms with E-state index in [9.17, 15) is 10.1 Å². The second-order valence-electron chi connectivity index (χ2n) is 4.34. The molecule has 1 aliphatic rings. The minimum absolute atomic E-state index is 0.114. The smallest absolute Gasteiger partial charge is 0.315 e. The predicted octanol–water partition coefficient (Wildman–Crippen LogP) is 1.69. The molecule has 0 saturated heterocycles. The number of nitrogens with zero attached hydrogens (tertiary/aromatic N) is 3. The van der Waals surface area contributed by atoms with Gasteiger partial charge < -0.3 is 14.4 Å². The van der Waals surface area contributed by atoms with E-state index in [0.717, 1.165) is 12.4 Å². The molecule has 0 unspecified atom stereocenters. The number of nitro benzene ring substituents is 1. The van der Waals surface area contributed by atoms with E-state index in [-0.39, 0.29) is 11.4 Å². The number of methoxy groups -OCH3 is 1. The number of nitro groups is 1. The van der Waals surface area contributed by atoms with Gasteiger partial charge in [0.2, 0.25) is 5.75 Å². The molecule has 2 rings (SSSR count). The fourth-order valence-electron chi connectivity index (χ4n) is 2.16. The highest BCUT2D eigenvalue weighted by molar-refractivity contribution is 6.01. The van der Waals surface area contributed by atoms with Gasteiger partial charge in [-0.05, 0) is 13.0 Å². The van der Waals surface area contributed by atoms with E-state index < -0.39 is 4.92 Å². The summed E-state index contributed by atoms with van der Waals surface area (Å²) in [5.41, 5.74) is 0.553. The SMILES string of the molecule is CCOc1cc(C2=NCCN2C)cc([N+](=O)[O-])c1OC. The fraction of sp³-hybridized carbons (Fsp3) is 0.462. The molecule has 20 heavy (non-hydrogen) atoms. The molecule has 0 saturated carbocycles. The standard InChI is InChI=1S/C13H17N3O4/c1-4-20-11-8-9(13-14-5-6-15(13)2)7-10(16(17)18)12(11)19-3/h7-8H,4-6H2,1-3H3. The summed E-state index contributed by atoms with van der Waals surface area (Å²) in [6, 6.07) is 3.21. The Kier molecular flexibility index (Phi) is 4.07. The van der Waals surface area contributed by atoms with Crippen LogP contribution in [0, 0.1) is 10.1 Å². The third-order valence-corrected chi connectivity index (χ3v) is 3.05. The van der Waals surface area contributed by atoms with Crippen LogP contribution in [-0.4, -0.2) is 49.5 Å². The topological polar surface area (TPSA) is 77.2 Å². The maximum Gasteiger partial charge on any atom is 0.315 e. The molecule has 0 radical (unpaired) electrons. The molecule has 1 heterocycles. The summed E-state index contributed by atoms with van der Waals surface area (Å²) < 4.78 is 10.6. The number of ether oxygens (including phenoxy) is 2. The first-order valence-electron chi connectivity index (χ1n) is 6.33. The zero-order valence-electron chi connectivity index (χ0n) is 11.8. The minimum atomic E-state index is -0.472. The predicted molar refractivity (Wildman–Crippen MR) is 74.9 cm³/mol. The lowest BCUT2D eigenvalue weighted by Gasteiger charge is -2.16. The maximum atomic E-state index is 11.2. The third-order valence-electron chi connectivity index (χ3n) is 3.05. The van der Waals surface area contributed by atoms with Crippen molar-refractivity contribution in [1.29, 1.82) is 0 Å². The van der Waals surface area contributed by atoms with E-state index in [0.29, 0.717) is 24.5 Å². The van der Waals surface area contributed by atoms with Crippen molar-refractivity contribution in [2.45, 2.75) is 6.92 Å². The number of benzene rings is 1. The summed E-state index contributed by atoms with van der Waals surface area (Å²) in [4.78, 5) is 17.1. The van der Waals surface area contributed by atoms with Gasteiger partial charge >= 0.3 is 5.69 Å². The Morgan fingerprint density at radius 2 is 2.25 bits per heavy atom. The lowest BCUT2D eigenvalue weighted by Crippen LogP contribution is -2.23. The van der Waals surface area contributed by atoms with Gasteiger partial charge in [-0.2, -0.15) is 0 Å². The summed E-state index contributed by atoms with van der Waals surface area (Å²) in [5, 5.41) is 11.2. The Bertz CT molecular complexity index is 557. The molecule has 1 aromatic carbocycles. The summed E-state index contributed by atoms with van der Waals surface area (Å²) in [6.45, 7) is 3.71. The van der Waals surface area contributed by atoms with Gasteiger partial charge in [0, 0.05) is 25.2 Å². The number of hydrogen-bond donors (Lipinski definition) is 0. The van der Waals surface area contributed by atoms with Crippen molar-refractivity contribution in [2.24, 2.45) is 4.99 Å². The van der Waals surface area contributed by atoms with Crippen molar-refractivity contribution in [3.63, 3.8) is 0 Å². The highest BCUT2D eigenvalue weighted by Gasteiger charge is 2.25. The molecule has 0 fully saturated rings. The van der Waals surface area contributed by atoms with Gasteiger partial charge in [0.25, 0.3) is 0 Å². The van der Waals surface area contributed by atoms with Gasteiger partial charge in [-0.25, -0.2) is 0 Å². The Morgan fingerprint density at radius 1 is 1.50 bits per heavy atom. The second kappa shape index (κ2) is 5.77. The molecule has 1 aliphatic heterocycles. The summed E-state index contributed by atoms with van der Waals surface area (Å²) in [5.74, 6) is 1.24. The van der Waals surface area contributed by atoms with Crippen LogP contribution in [0.15, 0.2) is 17.1 Å². The van der Waals surface area contributed by atoms with Crippen molar-refractivity contribution < 1.29 is 14.4 Å². The Balaban J connectivity index is 2.56. The first kappa shape index (κ1) is 14.1. The monoisotopic (exact) mass is 279 g/mol. The van der Waals surface area contributed by atoms with Crippen LogP contribution in [0.1, 0.15) is 12.5 Å². The Labute approximate surface area is 117 Å². The number of likely N-dealkylation sites (N-methyl/N-ethyl adjacent to an activating group) is 1. The van der Waals surface area contributed by atoms with Gasteiger partial charge in [-0.3, -0.25) is 15.1 Å². The van der Waals surface area contributed by atoms with Crippen LogP contribution in [0.3, 0.4) is 0 Å². The average molecular weight is 279 g/mol. The van der Waals surface area contributed by atoms with Crippen LogP contribution in [0.4, 0.5) is 5.69 Å². The molecule has 0 aromatic heterocycles. The number of rotatable bonds is 5. The van der Waals surface area contributed by atoms with E-state index in [4.69, 9.17) is 9.47 Å². The van der Waals surface area contributed by atoms with E-state index in [2.05, 4.69) is 4.99 Å². The molecular weight excluding hydrogens is 262 g/mol. The van der Waals surface area contributed by atoms with E-state index in [1.807, 2.05) is 18.9 Å². The van der Waals surface area contributed by atoms with E-state index >= 15 is 0 Å². The normalized spacial score (nSPS) is 14.2. The van der Waals surface area contributed by atoms with Gasteiger partial charge in [0.05, 0.1) is 25.2 Å². The molecule has 0 spiro atoms. The van der Waals surface area contributed by atoms with Crippen LogP contribution >= 0.6 is 0 Å². The Hall–Kier alpha value is -2.31. The lowest BCUT2D eigenvalue weighted by molar-refractivity contribution is -0.385. The summed E-state index contributed by atoms with van der Waals surface area (Å²) in [6.07, 6.45) is 0. The van der Waals surface area contributed by atoms with E-state index in [1.54, 1.807) is 6.07 Å². The van der Waals surface area contributed by atoms with Crippen molar-refractivity contribution in [2.75, 3.05) is 33.9 Å². The maximum absolute atomic E-state index is 11.2. The second-order valence-corrected chi connectivity index (χ2v) is 4.34. The number of aliphatic imine (C=N–C) groups is 1. The quantitative estimate of drug-likeness (QED) is 0.605. The first-order chi connectivity index (χ1) is 9.58. The van der Waals surface area contributed by atoms with Crippen LogP contribution < -0.4 is 9.47 Å². The highest BCUT2D eigenvalue weighted by atomic mass is 16.6. The van der Waals surface area contributed by atoms with Gasteiger partial charge in [-0.15, -0.1) is 0 Å². The van der Waals surface area contributed by atoms with Crippen LogP contribution in [0.5, 0.6) is 11.5 Å². The zero-order valence-corrected chi connectivity index (χ0v) is 11.8. The van der Waals surface area contributed by atoms with Crippen molar-refractivity contribution in [3.8, 4) is 11.5 Å². The molecule has 0 amide bonds. The van der Waals surface area contributed by atoms with Crippen LogP contribution in [0.25, 0.3) is 0 Å².